The third-order valence-corrected chi connectivity index (χ3v) is 5.43. The number of rotatable bonds is 7. The summed E-state index contributed by atoms with van der Waals surface area (Å²) < 4.78 is 21.6. The molecule has 7 N–H and O–H groups in total. The number of aliphatic hydroxyl groups is 7. The van der Waals surface area contributed by atoms with E-state index in [1.54, 1.807) is 30.3 Å². The molecule has 0 aromatic heterocycles. The molecule has 2 fully saturated rings. The normalized spacial score (nSPS) is 41.1. The number of nitriles is 1. The standard InChI is InChI=1S/C20H27NO11/c21-6-10(9-4-2-1-3-5-9)30-20-18(28)16(26)14(24)12(32-20)8-29-19-17(27)15(25)13(23)11(7-22)31-19/h1-5,10-20,22-28H,7-8H2/t10-,11+,12+,13+,14+,15-,16-,17+,18+,19+,20+/m1/s1. The topological polar surface area (TPSA) is 202 Å². The van der Waals surface area contributed by atoms with Crippen molar-refractivity contribution in [2.24, 2.45) is 0 Å². The van der Waals surface area contributed by atoms with E-state index < -0.39 is 80.7 Å². The third kappa shape index (κ3) is 5.25. The second-order valence-corrected chi connectivity index (χ2v) is 7.60. The highest BCUT2D eigenvalue weighted by Gasteiger charge is 2.48. The van der Waals surface area contributed by atoms with E-state index >= 15 is 0 Å². The Labute approximate surface area is 183 Å². The number of aliphatic hydroxyl groups excluding tert-OH is 7. The molecule has 2 aliphatic rings. The largest absolute Gasteiger partial charge is 0.394 e. The van der Waals surface area contributed by atoms with Gasteiger partial charge in [-0.3, -0.25) is 0 Å². The Morgan fingerprint density at radius 1 is 0.812 bits per heavy atom. The molecule has 32 heavy (non-hydrogen) atoms. The molecule has 0 aliphatic carbocycles. The first kappa shape index (κ1) is 24.9. The quantitative estimate of drug-likeness (QED) is 0.218. The maximum Gasteiger partial charge on any atom is 0.188 e. The van der Waals surface area contributed by atoms with Crippen LogP contribution in [0.25, 0.3) is 0 Å². The van der Waals surface area contributed by atoms with Gasteiger partial charge in [-0.25, -0.2) is 0 Å². The summed E-state index contributed by atoms with van der Waals surface area (Å²) in [6.07, 6.45) is -16.5. The molecule has 3 rings (SSSR count). The van der Waals surface area contributed by atoms with Crippen LogP contribution in [0.5, 0.6) is 0 Å². The van der Waals surface area contributed by atoms with Crippen LogP contribution in [0.1, 0.15) is 11.7 Å². The highest BCUT2D eigenvalue weighted by Crippen LogP contribution is 2.28. The molecule has 2 aliphatic heterocycles. The zero-order valence-corrected chi connectivity index (χ0v) is 16.9. The smallest absolute Gasteiger partial charge is 0.188 e. The second-order valence-electron chi connectivity index (χ2n) is 7.60. The van der Waals surface area contributed by atoms with Crippen molar-refractivity contribution in [1.82, 2.24) is 0 Å². The minimum Gasteiger partial charge on any atom is -0.394 e. The maximum atomic E-state index is 10.3. The maximum absolute atomic E-state index is 10.3. The van der Waals surface area contributed by atoms with Crippen LogP contribution in [-0.4, -0.2) is 110 Å². The Bertz CT molecular complexity index is 760. The lowest BCUT2D eigenvalue weighted by Crippen LogP contribution is -2.61. The molecular formula is C20H27NO11. The van der Waals surface area contributed by atoms with E-state index in [9.17, 15) is 41.0 Å². The van der Waals surface area contributed by atoms with Gasteiger partial charge in [0.25, 0.3) is 0 Å². The Kier molecular flexibility index (Phi) is 8.50. The van der Waals surface area contributed by atoms with Crippen molar-refractivity contribution < 1.29 is 54.7 Å². The fourth-order valence-electron chi connectivity index (χ4n) is 3.51. The molecule has 0 unspecified atom stereocenters. The number of ether oxygens (including phenoxy) is 4. The van der Waals surface area contributed by atoms with E-state index in [1.807, 2.05) is 6.07 Å². The van der Waals surface area contributed by atoms with Gasteiger partial charge in [0.05, 0.1) is 19.3 Å². The molecule has 2 saturated heterocycles. The average molecular weight is 457 g/mol. The molecule has 1 aromatic carbocycles. The van der Waals surface area contributed by atoms with Crippen molar-refractivity contribution in [3.05, 3.63) is 35.9 Å². The van der Waals surface area contributed by atoms with Gasteiger partial charge in [0.15, 0.2) is 18.7 Å². The molecule has 0 spiro atoms. The van der Waals surface area contributed by atoms with E-state index in [1.165, 1.54) is 0 Å². The Morgan fingerprint density at radius 2 is 1.38 bits per heavy atom. The van der Waals surface area contributed by atoms with Crippen molar-refractivity contribution in [2.75, 3.05) is 13.2 Å². The van der Waals surface area contributed by atoms with Gasteiger partial charge in [0.2, 0.25) is 0 Å². The van der Waals surface area contributed by atoms with E-state index in [4.69, 9.17) is 18.9 Å². The van der Waals surface area contributed by atoms with Crippen LogP contribution in [0.2, 0.25) is 0 Å². The van der Waals surface area contributed by atoms with Gasteiger partial charge >= 0.3 is 0 Å². The van der Waals surface area contributed by atoms with Crippen LogP contribution in [0.4, 0.5) is 0 Å². The van der Waals surface area contributed by atoms with E-state index in [2.05, 4.69) is 0 Å². The van der Waals surface area contributed by atoms with Gasteiger partial charge in [-0.2, -0.15) is 5.26 Å². The van der Waals surface area contributed by atoms with Crippen LogP contribution in [0, 0.1) is 11.3 Å². The number of hydrogen-bond acceptors (Lipinski definition) is 12. The molecule has 0 bridgehead atoms. The molecule has 2 heterocycles. The molecule has 12 heteroatoms. The Hall–Kier alpha value is -1.73. The molecular weight excluding hydrogens is 430 g/mol. The fourth-order valence-corrected chi connectivity index (χ4v) is 3.51. The molecule has 0 saturated carbocycles. The van der Waals surface area contributed by atoms with Gasteiger partial charge in [-0.1, -0.05) is 30.3 Å². The van der Waals surface area contributed by atoms with Crippen molar-refractivity contribution in [3.63, 3.8) is 0 Å². The predicted molar refractivity (Wildman–Crippen MR) is 102 cm³/mol. The molecule has 0 amide bonds. The first-order chi connectivity index (χ1) is 15.3. The van der Waals surface area contributed by atoms with Crippen LogP contribution < -0.4 is 0 Å². The van der Waals surface area contributed by atoms with Gasteiger partial charge in [-0.15, -0.1) is 0 Å². The summed E-state index contributed by atoms with van der Waals surface area (Å²) in [4.78, 5) is 0. The minimum atomic E-state index is -1.70. The summed E-state index contributed by atoms with van der Waals surface area (Å²) in [5.74, 6) is 0. The summed E-state index contributed by atoms with van der Waals surface area (Å²) >= 11 is 0. The van der Waals surface area contributed by atoms with Crippen molar-refractivity contribution in [2.45, 2.75) is 67.5 Å². The third-order valence-electron chi connectivity index (χ3n) is 5.43. The van der Waals surface area contributed by atoms with Crippen LogP contribution in [-0.2, 0) is 18.9 Å². The fraction of sp³-hybridized carbons (Fsp3) is 0.650. The van der Waals surface area contributed by atoms with Crippen LogP contribution in [0.15, 0.2) is 30.3 Å². The highest BCUT2D eigenvalue weighted by molar-refractivity contribution is 5.22. The molecule has 0 radical (unpaired) electrons. The van der Waals surface area contributed by atoms with E-state index in [0.717, 1.165) is 0 Å². The minimum absolute atomic E-state index is 0.487. The zero-order valence-electron chi connectivity index (χ0n) is 16.9. The Balaban J connectivity index is 1.65. The lowest BCUT2D eigenvalue weighted by Gasteiger charge is -2.43. The van der Waals surface area contributed by atoms with Gasteiger partial charge in [-0.05, 0) is 5.56 Å². The monoisotopic (exact) mass is 457 g/mol. The number of hydrogen-bond donors (Lipinski definition) is 7. The summed E-state index contributed by atoms with van der Waals surface area (Å²) in [5.41, 5.74) is 0.487. The summed E-state index contributed by atoms with van der Waals surface area (Å²) in [6.45, 7) is -1.14. The summed E-state index contributed by atoms with van der Waals surface area (Å²) in [6, 6.07) is 10.3. The predicted octanol–water partition coefficient (Wildman–Crippen LogP) is -3.11. The van der Waals surface area contributed by atoms with Crippen LogP contribution >= 0.6 is 0 Å². The number of benzene rings is 1. The van der Waals surface area contributed by atoms with Crippen molar-refractivity contribution in [3.8, 4) is 6.07 Å². The van der Waals surface area contributed by atoms with E-state index in [-0.39, 0.29) is 0 Å². The summed E-state index contributed by atoms with van der Waals surface area (Å²) in [5, 5.41) is 79.1. The molecule has 1 aromatic rings. The second kappa shape index (κ2) is 10.9. The van der Waals surface area contributed by atoms with Crippen molar-refractivity contribution in [1.29, 1.82) is 5.26 Å². The first-order valence-corrected chi connectivity index (χ1v) is 10.00. The van der Waals surface area contributed by atoms with Crippen LogP contribution in [0.3, 0.4) is 0 Å². The van der Waals surface area contributed by atoms with Gasteiger partial charge in [0, 0.05) is 0 Å². The SMILES string of the molecule is N#C[C@@H](O[C@H]1O[C@@H](CO[C@H]2O[C@@H](CO)[C@H](O)[C@@H](O)[C@@H]2O)[C@H](O)[C@@H](O)[C@@H]1O)c1ccccc1. The average Bonchev–Trinajstić information content (AvgIpc) is 2.81. The molecule has 11 atom stereocenters. The summed E-state index contributed by atoms with van der Waals surface area (Å²) in [7, 11) is 0. The highest BCUT2D eigenvalue weighted by atomic mass is 16.7. The lowest BCUT2D eigenvalue weighted by molar-refractivity contribution is -0.334. The Morgan fingerprint density at radius 3 is 1.97 bits per heavy atom. The lowest BCUT2D eigenvalue weighted by atomic mass is 9.98. The number of nitrogens with zero attached hydrogens (tertiary/aromatic N) is 1. The zero-order chi connectivity index (χ0) is 23.4. The van der Waals surface area contributed by atoms with Gasteiger partial charge in [0.1, 0.15) is 48.8 Å². The molecule has 178 valence electrons. The first-order valence-electron chi connectivity index (χ1n) is 10.00. The van der Waals surface area contributed by atoms with Crippen molar-refractivity contribution >= 4 is 0 Å². The van der Waals surface area contributed by atoms with Gasteiger partial charge < -0.3 is 54.7 Å². The molecule has 12 nitrogen and oxygen atoms in total. The van der Waals surface area contributed by atoms with E-state index in [0.29, 0.717) is 5.56 Å².